The van der Waals surface area contributed by atoms with Gasteiger partial charge in [0.25, 0.3) is 0 Å². The van der Waals surface area contributed by atoms with Gasteiger partial charge in [0.15, 0.2) is 0 Å². The largest absolute Gasteiger partial charge is 0.491 e. The Morgan fingerprint density at radius 1 is 1.18 bits per heavy atom. The van der Waals surface area contributed by atoms with E-state index in [9.17, 15) is 4.79 Å². The van der Waals surface area contributed by atoms with Crippen LogP contribution in [0.25, 0.3) is 0 Å². The van der Waals surface area contributed by atoms with Crippen molar-refractivity contribution in [3.63, 3.8) is 0 Å². The van der Waals surface area contributed by atoms with Crippen molar-refractivity contribution in [1.29, 1.82) is 0 Å². The van der Waals surface area contributed by atoms with Crippen LogP contribution in [0.5, 0.6) is 5.75 Å². The zero-order chi connectivity index (χ0) is 15.5. The first-order chi connectivity index (χ1) is 10.1. The minimum Gasteiger partial charge on any atom is -0.491 e. The van der Waals surface area contributed by atoms with E-state index < -0.39 is 0 Å². The predicted octanol–water partition coefficient (Wildman–Crippen LogP) is 2.54. The summed E-state index contributed by atoms with van der Waals surface area (Å²) in [5, 5.41) is 6.91. The standard InChI is InChI=1S/C14H20Cl2N2O3.ClH/c1-20-9-7-17-5-6-18-14(19)4-8-21-13-3-2-11(15)10-12(13)16;/h2-3,10,17H,4-9H2,1H3,(H,18,19);1H. The van der Waals surface area contributed by atoms with Crippen LogP contribution in [0.15, 0.2) is 18.2 Å². The maximum absolute atomic E-state index is 11.6. The normalized spacial score (nSPS) is 9.95. The molecule has 126 valence electrons. The fraction of sp³-hybridized carbons (Fsp3) is 0.500. The van der Waals surface area contributed by atoms with E-state index in [-0.39, 0.29) is 31.3 Å². The zero-order valence-electron chi connectivity index (χ0n) is 12.4. The van der Waals surface area contributed by atoms with Crippen LogP contribution in [0.1, 0.15) is 6.42 Å². The lowest BCUT2D eigenvalue weighted by molar-refractivity contribution is -0.121. The molecule has 0 unspecified atom stereocenters. The van der Waals surface area contributed by atoms with Crippen molar-refractivity contribution in [2.45, 2.75) is 6.42 Å². The molecule has 1 aromatic carbocycles. The molecular formula is C14H21Cl3N2O3. The number of hydrogen-bond acceptors (Lipinski definition) is 4. The molecule has 0 atom stereocenters. The van der Waals surface area contributed by atoms with Gasteiger partial charge in [0, 0.05) is 31.8 Å². The number of ether oxygens (including phenoxy) is 2. The number of rotatable bonds is 10. The van der Waals surface area contributed by atoms with Crippen LogP contribution in [0.2, 0.25) is 10.0 Å². The Morgan fingerprint density at radius 3 is 2.64 bits per heavy atom. The molecule has 0 heterocycles. The van der Waals surface area contributed by atoms with Crippen molar-refractivity contribution in [3.8, 4) is 5.75 Å². The van der Waals surface area contributed by atoms with Gasteiger partial charge in [-0.2, -0.15) is 0 Å². The third-order valence-corrected chi connectivity index (χ3v) is 3.12. The fourth-order valence-electron chi connectivity index (χ4n) is 1.52. The van der Waals surface area contributed by atoms with Gasteiger partial charge in [-0.15, -0.1) is 12.4 Å². The molecule has 0 aliphatic rings. The van der Waals surface area contributed by atoms with E-state index in [4.69, 9.17) is 32.7 Å². The lowest BCUT2D eigenvalue weighted by atomic mass is 10.3. The first kappa shape index (κ1) is 21.3. The Labute approximate surface area is 147 Å². The average molecular weight is 372 g/mol. The smallest absolute Gasteiger partial charge is 0.223 e. The van der Waals surface area contributed by atoms with Gasteiger partial charge < -0.3 is 20.1 Å². The molecule has 0 bridgehead atoms. The highest BCUT2D eigenvalue weighted by molar-refractivity contribution is 6.35. The molecule has 1 rings (SSSR count). The maximum atomic E-state index is 11.6. The molecule has 1 aromatic rings. The summed E-state index contributed by atoms with van der Waals surface area (Å²) in [6.45, 7) is 2.97. The van der Waals surface area contributed by atoms with Gasteiger partial charge in [-0.05, 0) is 18.2 Å². The molecule has 2 N–H and O–H groups in total. The van der Waals surface area contributed by atoms with Crippen LogP contribution in [-0.2, 0) is 9.53 Å². The number of halogens is 3. The Bertz CT molecular complexity index is 447. The van der Waals surface area contributed by atoms with E-state index in [0.29, 0.717) is 35.5 Å². The molecule has 0 aliphatic carbocycles. The highest BCUT2D eigenvalue weighted by Crippen LogP contribution is 2.27. The van der Waals surface area contributed by atoms with E-state index in [1.165, 1.54) is 0 Å². The van der Waals surface area contributed by atoms with Gasteiger partial charge in [0.2, 0.25) is 5.91 Å². The summed E-state index contributed by atoms with van der Waals surface area (Å²) in [4.78, 5) is 11.6. The second-order valence-electron chi connectivity index (χ2n) is 4.27. The monoisotopic (exact) mass is 370 g/mol. The first-order valence-corrected chi connectivity index (χ1v) is 7.43. The van der Waals surface area contributed by atoms with E-state index in [2.05, 4.69) is 10.6 Å². The molecule has 0 spiro atoms. The van der Waals surface area contributed by atoms with E-state index in [1.54, 1.807) is 25.3 Å². The lowest BCUT2D eigenvalue weighted by Crippen LogP contribution is -2.33. The number of carbonyl (C=O) groups is 1. The van der Waals surface area contributed by atoms with E-state index in [0.717, 1.165) is 6.54 Å². The molecular weight excluding hydrogens is 351 g/mol. The highest BCUT2D eigenvalue weighted by Gasteiger charge is 2.04. The minimum absolute atomic E-state index is 0. The average Bonchev–Trinajstić information content (AvgIpc) is 2.45. The quantitative estimate of drug-likeness (QED) is 0.621. The van der Waals surface area contributed by atoms with Gasteiger partial charge in [0.1, 0.15) is 5.75 Å². The van der Waals surface area contributed by atoms with Crippen LogP contribution in [-0.4, -0.2) is 45.9 Å². The Balaban J connectivity index is 0.00000441. The summed E-state index contributed by atoms with van der Waals surface area (Å²) in [6, 6.07) is 4.97. The highest BCUT2D eigenvalue weighted by atomic mass is 35.5. The zero-order valence-corrected chi connectivity index (χ0v) is 14.7. The number of amides is 1. The molecule has 0 aliphatic heterocycles. The second-order valence-corrected chi connectivity index (χ2v) is 5.11. The fourth-order valence-corrected chi connectivity index (χ4v) is 1.99. The maximum Gasteiger partial charge on any atom is 0.223 e. The van der Waals surface area contributed by atoms with Crippen molar-refractivity contribution in [2.75, 3.05) is 40.0 Å². The summed E-state index contributed by atoms with van der Waals surface area (Å²) in [5.74, 6) is 0.462. The van der Waals surface area contributed by atoms with Crippen LogP contribution in [0.3, 0.4) is 0 Å². The molecule has 5 nitrogen and oxygen atoms in total. The summed E-state index contributed by atoms with van der Waals surface area (Å²) in [6.07, 6.45) is 0.275. The van der Waals surface area contributed by atoms with Crippen molar-refractivity contribution < 1.29 is 14.3 Å². The van der Waals surface area contributed by atoms with Crippen LogP contribution >= 0.6 is 35.6 Å². The Kier molecular flexibility index (Phi) is 12.4. The first-order valence-electron chi connectivity index (χ1n) is 6.67. The molecule has 0 aromatic heterocycles. The molecule has 0 saturated heterocycles. The molecule has 0 radical (unpaired) electrons. The van der Waals surface area contributed by atoms with Gasteiger partial charge in [-0.25, -0.2) is 0 Å². The van der Waals surface area contributed by atoms with E-state index in [1.807, 2.05) is 0 Å². The SMILES string of the molecule is COCCNCCNC(=O)CCOc1ccc(Cl)cc1Cl.Cl. The van der Waals surface area contributed by atoms with Gasteiger partial charge in [-0.1, -0.05) is 23.2 Å². The van der Waals surface area contributed by atoms with Crippen LogP contribution < -0.4 is 15.4 Å². The topological polar surface area (TPSA) is 59.6 Å². The van der Waals surface area contributed by atoms with Crippen LogP contribution in [0, 0.1) is 0 Å². The molecule has 8 heteroatoms. The van der Waals surface area contributed by atoms with Gasteiger partial charge in [-0.3, -0.25) is 4.79 Å². The van der Waals surface area contributed by atoms with Crippen molar-refractivity contribution in [2.24, 2.45) is 0 Å². The van der Waals surface area contributed by atoms with Crippen molar-refractivity contribution in [1.82, 2.24) is 10.6 Å². The van der Waals surface area contributed by atoms with Gasteiger partial charge in [0.05, 0.1) is 24.7 Å². The molecule has 1 amide bonds. The van der Waals surface area contributed by atoms with Crippen molar-refractivity contribution >= 4 is 41.5 Å². The number of carbonyl (C=O) groups excluding carboxylic acids is 1. The summed E-state index contributed by atoms with van der Waals surface area (Å²) in [7, 11) is 1.65. The van der Waals surface area contributed by atoms with Gasteiger partial charge >= 0.3 is 0 Å². The number of hydrogen-bond donors (Lipinski definition) is 2. The summed E-state index contributed by atoms with van der Waals surface area (Å²) >= 11 is 11.7. The summed E-state index contributed by atoms with van der Waals surface area (Å²) in [5.41, 5.74) is 0. The second kappa shape index (κ2) is 12.8. The number of nitrogens with one attached hydrogen (secondary N) is 2. The third kappa shape index (κ3) is 9.33. The van der Waals surface area contributed by atoms with Crippen molar-refractivity contribution in [3.05, 3.63) is 28.2 Å². The van der Waals surface area contributed by atoms with E-state index >= 15 is 0 Å². The predicted molar refractivity (Wildman–Crippen MR) is 91.6 cm³/mol. The Hall–Kier alpha value is -0.720. The number of benzene rings is 1. The summed E-state index contributed by atoms with van der Waals surface area (Å²) < 4.78 is 10.3. The molecule has 22 heavy (non-hydrogen) atoms. The van der Waals surface area contributed by atoms with Crippen LogP contribution in [0.4, 0.5) is 0 Å². The lowest BCUT2D eigenvalue weighted by Gasteiger charge is -2.09. The Morgan fingerprint density at radius 2 is 1.95 bits per heavy atom. The third-order valence-electron chi connectivity index (χ3n) is 2.59. The number of methoxy groups -OCH3 is 1. The molecule has 0 saturated carbocycles. The molecule has 0 fully saturated rings. The minimum atomic E-state index is -0.0615.